The fourth-order valence-corrected chi connectivity index (χ4v) is 2.59. The molecule has 6 nitrogen and oxygen atoms in total. The molecule has 1 amide bonds. The standard InChI is InChI=1S/C22H21N3O3/c1-3-28-21-7-5-4-6-19(21)24-18-12-13-20(23-14-18)22(27)25-17-10-8-16(9-11-17)15(2)26/h4-14,24H,3H2,1-2H3,(H,25,27). The van der Waals surface area contributed by atoms with Gasteiger partial charge >= 0.3 is 0 Å². The average Bonchev–Trinajstić information content (AvgIpc) is 2.70. The van der Waals surface area contributed by atoms with Crippen molar-refractivity contribution in [2.24, 2.45) is 0 Å². The summed E-state index contributed by atoms with van der Waals surface area (Å²) in [5, 5.41) is 6.01. The van der Waals surface area contributed by atoms with E-state index in [1.165, 1.54) is 6.92 Å². The second-order valence-corrected chi connectivity index (χ2v) is 6.07. The van der Waals surface area contributed by atoms with E-state index in [-0.39, 0.29) is 11.7 Å². The SMILES string of the molecule is CCOc1ccccc1Nc1ccc(C(=O)Nc2ccc(C(C)=O)cc2)nc1. The van der Waals surface area contributed by atoms with Gasteiger partial charge in [0.15, 0.2) is 5.78 Å². The van der Waals surface area contributed by atoms with Crippen molar-refractivity contribution in [3.05, 3.63) is 78.1 Å². The molecule has 142 valence electrons. The fourth-order valence-electron chi connectivity index (χ4n) is 2.59. The summed E-state index contributed by atoms with van der Waals surface area (Å²) in [5.41, 5.74) is 3.06. The van der Waals surface area contributed by atoms with Crippen LogP contribution in [0.5, 0.6) is 5.75 Å². The maximum Gasteiger partial charge on any atom is 0.274 e. The van der Waals surface area contributed by atoms with E-state index in [4.69, 9.17) is 4.74 Å². The summed E-state index contributed by atoms with van der Waals surface area (Å²) in [5.74, 6) is 0.409. The van der Waals surface area contributed by atoms with E-state index >= 15 is 0 Å². The molecule has 0 atom stereocenters. The summed E-state index contributed by atoms with van der Waals surface area (Å²) < 4.78 is 5.59. The van der Waals surface area contributed by atoms with Crippen molar-refractivity contribution >= 4 is 28.8 Å². The fraction of sp³-hybridized carbons (Fsp3) is 0.136. The predicted molar refractivity (Wildman–Crippen MR) is 110 cm³/mol. The Kier molecular flexibility index (Phi) is 6.01. The second-order valence-electron chi connectivity index (χ2n) is 6.07. The number of rotatable bonds is 7. The van der Waals surface area contributed by atoms with Crippen LogP contribution in [0.15, 0.2) is 66.9 Å². The van der Waals surface area contributed by atoms with Crippen molar-refractivity contribution in [3.8, 4) is 5.75 Å². The number of para-hydroxylation sites is 2. The number of amides is 1. The lowest BCUT2D eigenvalue weighted by Gasteiger charge is -2.12. The quantitative estimate of drug-likeness (QED) is 0.586. The highest BCUT2D eigenvalue weighted by molar-refractivity contribution is 6.03. The van der Waals surface area contributed by atoms with Crippen molar-refractivity contribution in [1.29, 1.82) is 0 Å². The lowest BCUT2D eigenvalue weighted by Crippen LogP contribution is -2.13. The van der Waals surface area contributed by atoms with E-state index in [2.05, 4.69) is 15.6 Å². The number of anilines is 3. The molecule has 0 unspecified atom stereocenters. The first kappa shape index (κ1) is 19.1. The van der Waals surface area contributed by atoms with E-state index < -0.39 is 0 Å². The number of nitrogens with zero attached hydrogens (tertiary/aromatic N) is 1. The summed E-state index contributed by atoms with van der Waals surface area (Å²) in [6.07, 6.45) is 1.59. The molecule has 0 fully saturated rings. The zero-order valence-electron chi connectivity index (χ0n) is 15.7. The first-order chi connectivity index (χ1) is 13.6. The molecule has 2 N–H and O–H groups in total. The Balaban J connectivity index is 1.67. The first-order valence-corrected chi connectivity index (χ1v) is 8.94. The minimum absolute atomic E-state index is 0.0199. The molecule has 0 radical (unpaired) electrons. The Morgan fingerprint density at radius 3 is 2.32 bits per heavy atom. The molecular formula is C22H21N3O3. The number of carbonyl (C=O) groups excluding carboxylic acids is 2. The van der Waals surface area contributed by atoms with E-state index in [9.17, 15) is 9.59 Å². The number of Topliss-reactive ketones (excluding diaryl/α,β-unsaturated/α-hetero) is 1. The smallest absolute Gasteiger partial charge is 0.274 e. The minimum Gasteiger partial charge on any atom is -0.492 e. The van der Waals surface area contributed by atoms with Crippen LogP contribution in [-0.2, 0) is 0 Å². The molecule has 1 heterocycles. The van der Waals surface area contributed by atoms with E-state index in [1.807, 2.05) is 31.2 Å². The molecular weight excluding hydrogens is 354 g/mol. The summed E-state index contributed by atoms with van der Waals surface area (Å²) in [6.45, 7) is 4.00. The zero-order chi connectivity index (χ0) is 19.9. The zero-order valence-corrected chi connectivity index (χ0v) is 15.7. The molecule has 0 aliphatic rings. The lowest BCUT2D eigenvalue weighted by atomic mass is 10.1. The molecule has 0 saturated heterocycles. The monoisotopic (exact) mass is 375 g/mol. The molecule has 2 aromatic carbocycles. The maximum absolute atomic E-state index is 12.4. The lowest BCUT2D eigenvalue weighted by molar-refractivity contribution is 0.101. The summed E-state index contributed by atoms with van der Waals surface area (Å²) >= 11 is 0. The van der Waals surface area contributed by atoms with Gasteiger partial charge in [-0.1, -0.05) is 12.1 Å². The maximum atomic E-state index is 12.4. The number of pyridine rings is 1. The minimum atomic E-state index is -0.322. The highest BCUT2D eigenvalue weighted by atomic mass is 16.5. The number of carbonyl (C=O) groups is 2. The van der Waals surface area contributed by atoms with Gasteiger partial charge in [0.1, 0.15) is 11.4 Å². The van der Waals surface area contributed by atoms with Crippen molar-refractivity contribution in [3.63, 3.8) is 0 Å². The third-order valence-electron chi connectivity index (χ3n) is 4.01. The summed E-state index contributed by atoms with van der Waals surface area (Å²) in [6, 6.07) is 17.8. The Hall–Kier alpha value is -3.67. The Labute approximate surface area is 163 Å². The van der Waals surface area contributed by atoms with Crippen LogP contribution < -0.4 is 15.4 Å². The Morgan fingerprint density at radius 1 is 0.964 bits per heavy atom. The van der Waals surface area contributed by atoms with Gasteiger partial charge in [-0.25, -0.2) is 4.98 Å². The highest BCUT2D eigenvalue weighted by Gasteiger charge is 2.09. The van der Waals surface area contributed by atoms with E-state index in [0.29, 0.717) is 23.6 Å². The van der Waals surface area contributed by atoms with Crippen LogP contribution in [0.4, 0.5) is 17.1 Å². The molecule has 28 heavy (non-hydrogen) atoms. The molecule has 0 saturated carbocycles. The van der Waals surface area contributed by atoms with Crippen LogP contribution in [0.1, 0.15) is 34.7 Å². The first-order valence-electron chi connectivity index (χ1n) is 8.94. The van der Waals surface area contributed by atoms with Gasteiger partial charge in [0, 0.05) is 11.3 Å². The molecule has 0 bridgehead atoms. The molecule has 3 aromatic rings. The van der Waals surface area contributed by atoms with Crippen molar-refractivity contribution in [2.45, 2.75) is 13.8 Å². The largest absolute Gasteiger partial charge is 0.492 e. The number of hydrogen-bond donors (Lipinski definition) is 2. The predicted octanol–water partition coefficient (Wildman–Crippen LogP) is 4.68. The van der Waals surface area contributed by atoms with Crippen molar-refractivity contribution < 1.29 is 14.3 Å². The summed E-state index contributed by atoms with van der Waals surface area (Å²) in [7, 11) is 0. The van der Waals surface area contributed by atoms with Gasteiger partial charge in [-0.05, 0) is 62.4 Å². The molecule has 6 heteroatoms. The summed E-state index contributed by atoms with van der Waals surface area (Å²) in [4.78, 5) is 27.9. The van der Waals surface area contributed by atoms with Gasteiger partial charge in [-0.15, -0.1) is 0 Å². The van der Waals surface area contributed by atoms with Gasteiger partial charge in [0.25, 0.3) is 5.91 Å². The molecule has 1 aromatic heterocycles. The van der Waals surface area contributed by atoms with Gasteiger partial charge in [-0.2, -0.15) is 0 Å². The van der Waals surface area contributed by atoms with Gasteiger partial charge in [0.2, 0.25) is 0 Å². The van der Waals surface area contributed by atoms with Crippen LogP contribution in [0, 0.1) is 0 Å². The Bertz CT molecular complexity index is 967. The molecule has 0 aliphatic carbocycles. The van der Waals surface area contributed by atoms with Crippen LogP contribution >= 0.6 is 0 Å². The third kappa shape index (κ3) is 4.73. The van der Waals surface area contributed by atoms with Crippen LogP contribution in [-0.4, -0.2) is 23.3 Å². The molecule has 3 rings (SSSR count). The van der Waals surface area contributed by atoms with E-state index in [0.717, 1.165) is 17.1 Å². The molecule has 0 aliphatic heterocycles. The number of hydrogen-bond acceptors (Lipinski definition) is 5. The average molecular weight is 375 g/mol. The normalized spacial score (nSPS) is 10.2. The number of ether oxygens (including phenoxy) is 1. The Morgan fingerprint density at radius 2 is 1.68 bits per heavy atom. The van der Waals surface area contributed by atoms with Crippen LogP contribution in [0.3, 0.4) is 0 Å². The van der Waals surface area contributed by atoms with Gasteiger partial charge < -0.3 is 15.4 Å². The van der Waals surface area contributed by atoms with Crippen molar-refractivity contribution in [1.82, 2.24) is 4.98 Å². The van der Waals surface area contributed by atoms with E-state index in [1.54, 1.807) is 42.6 Å². The second kappa shape index (κ2) is 8.81. The number of benzene rings is 2. The molecule has 0 spiro atoms. The van der Waals surface area contributed by atoms with Crippen molar-refractivity contribution in [2.75, 3.05) is 17.2 Å². The third-order valence-corrected chi connectivity index (χ3v) is 4.01. The number of ketones is 1. The van der Waals surface area contributed by atoms with Crippen LogP contribution in [0.2, 0.25) is 0 Å². The number of aromatic nitrogens is 1. The highest BCUT2D eigenvalue weighted by Crippen LogP contribution is 2.27. The number of nitrogens with one attached hydrogen (secondary N) is 2. The van der Waals surface area contributed by atoms with Gasteiger partial charge in [0.05, 0.1) is 24.2 Å². The topological polar surface area (TPSA) is 80.3 Å². The van der Waals surface area contributed by atoms with Crippen LogP contribution in [0.25, 0.3) is 0 Å². The van der Waals surface area contributed by atoms with Gasteiger partial charge in [-0.3, -0.25) is 9.59 Å².